The number of methoxy groups -OCH3 is 1. The van der Waals surface area contributed by atoms with E-state index < -0.39 is 0 Å². The summed E-state index contributed by atoms with van der Waals surface area (Å²) in [7, 11) is 1.67. The van der Waals surface area contributed by atoms with Crippen molar-refractivity contribution in [2.45, 2.75) is 19.9 Å². The molecule has 27 heavy (non-hydrogen) atoms. The van der Waals surface area contributed by atoms with Crippen molar-refractivity contribution >= 4 is 32.5 Å². The lowest BCUT2D eigenvalue weighted by Crippen LogP contribution is -2.47. The molecule has 1 fully saturated rings. The summed E-state index contributed by atoms with van der Waals surface area (Å²) >= 11 is 1.71. The van der Waals surface area contributed by atoms with Gasteiger partial charge in [-0.1, -0.05) is 11.3 Å². The Labute approximate surface area is 161 Å². The molecule has 1 aliphatic rings. The highest BCUT2D eigenvalue weighted by molar-refractivity contribution is 7.22. The molecule has 8 heteroatoms. The first kappa shape index (κ1) is 17.8. The summed E-state index contributed by atoms with van der Waals surface area (Å²) in [6.45, 7) is 7.39. The Morgan fingerprint density at radius 1 is 1.07 bits per heavy atom. The van der Waals surface area contributed by atoms with Gasteiger partial charge < -0.3 is 14.5 Å². The summed E-state index contributed by atoms with van der Waals surface area (Å²) in [6, 6.07) is 9.49. The monoisotopic (exact) mass is 385 g/mol. The molecule has 3 aromatic rings. The van der Waals surface area contributed by atoms with Gasteiger partial charge in [-0.3, -0.25) is 4.79 Å². The first-order valence-electron chi connectivity index (χ1n) is 9.09. The van der Waals surface area contributed by atoms with Crippen molar-refractivity contribution in [1.29, 1.82) is 0 Å². The molecule has 2 aromatic heterocycles. The van der Waals surface area contributed by atoms with E-state index in [-0.39, 0.29) is 11.6 Å². The number of nitrogens with zero attached hydrogens (tertiary/aromatic N) is 5. The van der Waals surface area contributed by atoms with Gasteiger partial charge in [0, 0.05) is 38.3 Å². The molecule has 0 N–H and O–H groups in total. The minimum Gasteiger partial charge on any atom is -0.497 e. The average molecular weight is 385 g/mol. The van der Waals surface area contributed by atoms with E-state index in [0.29, 0.717) is 0 Å². The minimum atomic E-state index is -0.0581. The van der Waals surface area contributed by atoms with Gasteiger partial charge in [0.05, 0.1) is 23.4 Å². The minimum absolute atomic E-state index is 0.0541. The third kappa shape index (κ3) is 3.49. The fourth-order valence-corrected chi connectivity index (χ4v) is 4.24. The third-order valence-corrected chi connectivity index (χ3v) is 5.85. The average Bonchev–Trinajstić information content (AvgIpc) is 3.11. The van der Waals surface area contributed by atoms with Crippen molar-refractivity contribution in [1.82, 2.24) is 14.8 Å². The molecule has 0 spiro atoms. The van der Waals surface area contributed by atoms with E-state index in [1.54, 1.807) is 29.2 Å². The number of hydrogen-bond acceptors (Lipinski definition) is 7. The van der Waals surface area contributed by atoms with Crippen LogP contribution in [0.3, 0.4) is 0 Å². The van der Waals surface area contributed by atoms with Crippen molar-refractivity contribution in [3.63, 3.8) is 0 Å². The van der Waals surface area contributed by atoms with E-state index >= 15 is 0 Å². The molecule has 7 nitrogen and oxygen atoms in total. The SMILES string of the molecule is COc1ccc2sc(N3CCN(c4ccc(=O)n(C(C)C)n4)CC3)nc2c1. The van der Waals surface area contributed by atoms with Gasteiger partial charge in [-0.05, 0) is 32.0 Å². The van der Waals surface area contributed by atoms with Gasteiger partial charge in [0.25, 0.3) is 5.56 Å². The number of thiazole rings is 1. The van der Waals surface area contributed by atoms with Crippen LogP contribution in [0, 0.1) is 0 Å². The van der Waals surface area contributed by atoms with Gasteiger partial charge in [-0.15, -0.1) is 0 Å². The second-order valence-electron chi connectivity index (χ2n) is 6.87. The number of ether oxygens (including phenoxy) is 1. The van der Waals surface area contributed by atoms with Crippen LogP contribution in [0.2, 0.25) is 0 Å². The molecular weight excluding hydrogens is 362 g/mol. The van der Waals surface area contributed by atoms with Crippen LogP contribution in [0.25, 0.3) is 10.2 Å². The molecule has 0 saturated carbocycles. The second kappa shape index (κ2) is 7.19. The van der Waals surface area contributed by atoms with Crippen LogP contribution in [0.1, 0.15) is 19.9 Å². The summed E-state index contributed by atoms with van der Waals surface area (Å²) in [5.41, 5.74) is 0.916. The lowest BCUT2D eigenvalue weighted by atomic mass is 10.3. The first-order chi connectivity index (χ1) is 13.0. The quantitative estimate of drug-likeness (QED) is 0.688. The van der Waals surface area contributed by atoms with Gasteiger partial charge in [-0.2, -0.15) is 5.10 Å². The predicted molar refractivity (Wildman–Crippen MR) is 109 cm³/mol. The first-order valence-corrected chi connectivity index (χ1v) is 9.91. The second-order valence-corrected chi connectivity index (χ2v) is 7.88. The summed E-state index contributed by atoms with van der Waals surface area (Å²) in [5, 5.41) is 5.57. The molecule has 142 valence electrons. The van der Waals surface area contributed by atoms with Crippen molar-refractivity contribution in [3.05, 3.63) is 40.7 Å². The summed E-state index contributed by atoms with van der Waals surface area (Å²) in [5.74, 6) is 1.69. The normalized spacial score (nSPS) is 15.0. The maximum Gasteiger partial charge on any atom is 0.267 e. The number of anilines is 2. The van der Waals surface area contributed by atoms with E-state index in [9.17, 15) is 4.79 Å². The molecule has 0 amide bonds. The van der Waals surface area contributed by atoms with Gasteiger partial charge in [0.1, 0.15) is 11.6 Å². The fourth-order valence-electron chi connectivity index (χ4n) is 3.24. The van der Waals surface area contributed by atoms with Gasteiger partial charge in [0.2, 0.25) is 0 Å². The van der Waals surface area contributed by atoms with Crippen molar-refractivity contribution < 1.29 is 4.74 Å². The van der Waals surface area contributed by atoms with E-state index in [4.69, 9.17) is 9.72 Å². The van der Waals surface area contributed by atoms with Gasteiger partial charge in [-0.25, -0.2) is 9.67 Å². The molecule has 0 aliphatic carbocycles. The zero-order valence-electron chi connectivity index (χ0n) is 15.8. The molecule has 1 aromatic carbocycles. The van der Waals surface area contributed by atoms with Crippen LogP contribution >= 0.6 is 11.3 Å². The smallest absolute Gasteiger partial charge is 0.267 e. The van der Waals surface area contributed by atoms with E-state index in [2.05, 4.69) is 21.0 Å². The number of benzene rings is 1. The highest BCUT2D eigenvalue weighted by Gasteiger charge is 2.21. The zero-order chi connectivity index (χ0) is 19.0. The Bertz CT molecular complexity index is 1000. The number of aromatic nitrogens is 3. The maximum atomic E-state index is 11.9. The van der Waals surface area contributed by atoms with Crippen LogP contribution in [0.15, 0.2) is 35.1 Å². The Morgan fingerprint density at radius 3 is 2.52 bits per heavy atom. The van der Waals surface area contributed by atoms with Crippen molar-refractivity contribution in [2.24, 2.45) is 0 Å². The molecule has 1 saturated heterocycles. The van der Waals surface area contributed by atoms with Crippen LogP contribution < -0.4 is 20.1 Å². The number of hydrogen-bond donors (Lipinski definition) is 0. The standard InChI is InChI=1S/C19H23N5O2S/c1-13(2)24-18(25)7-6-17(21-24)22-8-10-23(11-9-22)19-20-15-12-14(26-3)4-5-16(15)27-19/h4-7,12-13H,8-11H2,1-3H3. The van der Waals surface area contributed by atoms with Crippen LogP contribution in [-0.2, 0) is 0 Å². The Balaban J connectivity index is 1.49. The van der Waals surface area contributed by atoms with E-state index in [1.807, 2.05) is 32.0 Å². The van der Waals surface area contributed by atoms with Crippen molar-refractivity contribution in [2.75, 3.05) is 43.1 Å². The molecule has 0 atom stereocenters. The summed E-state index contributed by atoms with van der Waals surface area (Å²) in [4.78, 5) is 21.2. The van der Waals surface area contributed by atoms with Crippen molar-refractivity contribution in [3.8, 4) is 5.75 Å². The highest BCUT2D eigenvalue weighted by atomic mass is 32.1. The zero-order valence-corrected chi connectivity index (χ0v) is 16.6. The maximum absolute atomic E-state index is 11.9. The summed E-state index contributed by atoms with van der Waals surface area (Å²) < 4.78 is 8.00. The van der Waals surface area contributed by atoms with Gasteiger partial charge in [0.15, 0.2) is 5.13 Å². The van der Waals surface area contributed by atoms with E-state index in [0.717, 1.165) is 48.4 Å². The Kier molecular flexibility index (Phi) is 4.73. The Morgan fingerprint density at radius 2 is 1.81 bits per heavy atom. The van der Waals surface area contributed by atoms with Crippen LogP contribution in [0.4, 0.5) is 10.9 Å². The molecule has 1 aliphatic heterocycles. The molecule has 0 bridgehead atoms. The Hall–Kier alpha value is -2.61. The third-order valence-electron chi connectivity index (χ3n) is 4.76. The number of rotatable bonds is 4. The number of piperazine rings is 1. The molecule has 0 unspecified atom stereocenters. The lowest BCUT2D eigenvalue weighted by molar-refractivity contribution is 0.415. The molecular formula is C19H23N5O2S. The topological polar surface area (TPSA) is 63.5 Å². The van der Waals surface area contributed by atoms with E-state index in [1.165, 1.54) is 4.70 Å². The lowest BCUT2D eigenvalue weighted by Gasteiger charge is -2.35. The molecule has 4 rings (SSSR count). The summed E-state index contributed by atoms with van der Waals surface area (Å²) in [6.07, 6.45) is 0. The van der Waals surface area contributed by atoms with Crippen LogP contribution in [0.5, 0.6) is 5.75 Å². The number of fused-ring (bicyclic) bond motifs is 1. The largest absolute Gasteiger partial charge is 0.497 e. The van der Waals surface area contributed by atoms with Gasteiger partial charge >= 0.3 is 0 Å². The molecule has 0 radical (unpaired) electrons. The predicted octanol–water partition coefficient (Wildman–Crippen LogP) is 2.77. The molecule has 3 heterocycles. The highest BCUT2D eigenvalue weighted by Crippen LogP contribution is 2.31. The van der Waals surface area contributed by atoms with Crippen LogP contribution in [-0.4, -0.2) is 48.1 Å². The fraction of sp³-hybridized carbons (Fsp3) is 0.421.